The summed E-state index contributed by atoms with van der Waals surface area (Å²) in [5.74, 6) is 0.522. The second-order valence-electron chi connectivity index (χ2n) is 8.38. The molecule has 2 amide bonds. The van der Waals surface area contributed by atoms with E-state index in [1.54, 1.807) is 40.1 Å². The molecule has 3 rings (SSSR count). The average molecular weight is 436 g/mol. The molecule has 7 nitrogen and oxygen atoms in total. The Hall–Kier alpha value is -1.93. The van der Waals surface area contributed by atoms with Gasteiger partial charge in [0.1, 0.15) is 0 Å². The molecular formula is C22H33N3O4S. The second kappa shape index (κ2) is 10.4. The number of benzene rings is 1. The van der Waals surface area contributed by atoms with Crippen molar-refractivity contribution in [1.82, 2.24) is 14.1 Å². The molecule has 2 fully saturated rings. The molecule has 0 bridgehead atoms. The highest BCUT2D eigenvalue weighted by Crippen LogP contribution is 2.24. The SMILES string of the molecule is CN(CC1CCCCC1)C(=O)CCC(=O)N1CCN(S(=O)(=O)c2ccccc2)CC1. The van der Waals surface area contributed by atoms with Crippen molar-refractivity contribution in [3.05, 3.63) is 30.3 Å². The maximum atomic E-state index is 12.7. The third-order valence-electron chi connectivity index (χ3n) is 6.21. The summed E-state index contributed by atoms with van der Waals surface area (Å²) in [5.41, 5.74) is 0. The number of hydrogen-bond acceptors (Lipinski definition) is 4. The summed E-state index contributed by atoms with van der Waals surface area (Å²) in [6.45, 7) is 2.05. The van der Waals surface area contributed by atoms with Crippen molar-refractivity contribution >= 4 is 21.8 Å². The van der Waals surface area contributed by atoms with Crippen LogP contribution in [0.5, 0.6) is 0 Å². The number of piperazine rings is 1. The van der Waals surface area contributed by atoms with Gasteiger partial charge in [-0.3, -0.25) is 9.59 Å². The molecule has 0 spiro atoms. The molecule has 1 aromatic rings. The second-order valence-corrected chi connectivity index (χ2v) is 10.3. The summed E-state index contributed by atoms with van der Waals surface area (Å²) in [6, 6.07) is 8.36. The summed E-state index contributed by atoms with van der Waals surface area (Å²) in [4.78, 5) is 28.7. The van der Waals surface area contributed by atoms with E-state index in [9.17, 15) is 18.0 Å². The van der Waals surface area contributed by atoms with Crippen LogP contribution in [0.3, 0.4) is 0 Å². The third-order valence-corrected chi connectivity index (χ3v) is 8.12. The lowest BCUT2D eigenvalue weighted by atomic mass is 9.89. The van der Waals surface area contributed by atoms with Gasteiger partial charge in [0.2, 0.25) is 21.8 Å². The first-order valence-electron chi connectivity index (χ1n) is 10.9. The molecular weight excluding hydrogens is 402 g/mol. The first-order valence-corrected chi connectivity index (χ1v) is 12.4. The maximum absolute atomic E-state index is 12.7. The minimum Gasteiger partial charge on any atom is -0.345 e. The number of rotatable bonds is 7. The molecule has 2 aliphatic rings. The van der Waals surface area contributed by atoms with Gasteiger partial charge in [-0.05, 0) is 30.9 Å². The molecule has 166 valence electrons. The van der Waals surface area contributed by atoms with Crippen LogP contribution in [0, 0.1) is 5.92 Å². The number of amides is 2. The van der Waals surface area contributed by atoms with Gasteiger partial charge in [0, 0.05) is 52.6 Å². The lowest BCUT2D eigenvalue weighted by Gasteiger charge is -2.34. The molecule has 0 aromatic heterocycles. The molecule has 0 N–H and O–H groups in total. The van der Waals surface area contributed by atoms with E-state index >= 15 is 0 Å². The summed E-state index contributed by atoms with van der Waals surface area (Å²) < 4.78 is 26.8. The van der Waals surface area contributed by atoms with E-state index in [1.165, 1.54) is 36.4 Å². The minimum absolute atomic E-state index is 0.0132. The van der Waals surface area contributed by atoms with Crippen LogP contribution in [0.15, 0.2) is 35.2 Å². The van der Waals surface area contributed by atoms with Crippen molar-refractivity contribution in [2.75, 3.05) is 39.8 Å². The zero-order chi connectivity index (χ0) is 21.6. The highest BCUT2D eigenvalue weighted by Gasteiger charge is 2.30. The van der Waals surface area contributed by atoms with E-state index in [2.05, 4.69) is 0 Å². The van der Waals surface area contributed by atoms with Crippen LogP contribution in [-0.4, -0.2) is 74.1 Å². The number of nitrogens with zero attached hydrogens (tertiary/aromatic N) is 3. The molecule has 0 unspecified atom stereocenters. The zero-order valence-electron chi connectivity index (χ0n) is 17.8. The standard InChI is InChI=1S/C22H33N3O4S/c1-23(18-19-8-4-2-5-9-19)21(26)12-13-22(27)24-14-16-25(17-15-24)30(28,29)20-10-6-3-7-11-20/h3,6-7,10-11,19H,2,4-5,8-9,12-18H2,1H3. The van der Waals surface area contributed by atoms with E-state index in [0.717, 1.165) is 6.54 Å². The van der Waals surface area contributed by atoms with Gasteiger partial charge in [-0.1, -0.05) is 37.5 Å². The van der Waals surface area contributed by atoms with E-state index in [-0.39, 0.29) is 42.6 Å². The van der Waals surface area contributed by atoms with Gasteiger partial charge in [-0.2, -0.15) is 4.31 Å². The molecule has 0 radical (unpaired) electrons. The molecule has 1 saturated carbocycles. The Morgan fingerprint density at radius 3 is 2.23 bits per heavy atom. The first kappa shape index (κ1) is 22.7. The predicted molar refractivity (Wildman–Crippen MR) is 115 cm³/mol. The Bertz CT molecular complexity index is 814. The van der Waals surface area contributed by atoms with Gasteiger partial charge >= 0.3 is 0 Å². The fraction of sp³-hybridized carbons (Fsp3) is 0.636. The van der Waals surface area contributed by atoms with Gasteiger partial charge in [-0.25, -0.2) is 8.42 Å². The van der Waals surface area contributed by atoms with E-state index < -0.39 is 10.0 Å². The smallest absolute Gasteiger partial charge is 0.243 e. The lowest BCUT2D eigenvalue weighted by molar-refractivity contribution is -0.137. The Morgan fingerprint density at radius 2 is 1.60 bits per heavy atom. The maximum Gasteiger partial charge on any atom is 0.243 e. The van der Waals surface area contributed by atoms with Crippen LogP contribution in [-0.2, 0) is 19.6 Å². The molecule has 0 atom stereocenters. The van der Waals surface area contributed by atoms with Crippen LogP contribution in [0.4, 0.5) is 0 Å². The van der Waals surface area contributed by atoms with Crippen molar-refractivity contribution < 1.29 is 18.0 Å². The fourth-order valence-corrected chi connectivity index (χ4v) is 5.78. The Morgan fingerprint density at radius 1 is 0.967 bits per heavy atom. The normalized spacial score (nSPS) is 18.9. The fourth-order valence-electron chi connectivity index (χ4n) is 4.34. The number of hydrogen-bond donors (Lipinski definition) is 0. The van der Waals surface area contributed by atoms with Gasteiger partial charge in [0.05, 0.1) is 4.90 Å². The molecule has 30 heavy (non-hydrogen) atoms. The average Bonchev–Trinajstić information content (AvgIpc) is 2.78. The van der Waals surface area contributed by atoms with Crippen molar-refractivity contribution in [2.24, 2.45) is 5.92 Å². The van der Waals surface area contributed by atoms with Crippen molar-refractivity contribution in [1.29, 1.82) is 0 Å². The topological polar surface area (TPSA) is 78.0 Å². The highest BCUT2D eigenvalue weighted by atomic mass is 32.2. The molecule has 1 aliphatic carbocycles. The van der Waals surface area contributed by atoms with Gasteiger partial charge in [-0.15, -0.1) is 0 Å². The monoisotopic (exact) mass is 435 g/mol. The van der Waals surface area contributed by atoms with Crippen molar-refractivity contribution in [3.63, 3.8) is 0 Å². The number of carbonyl (C=O) groups excluding carboxylic acids is 2. The lowest BCUT2D eigenvalue weighted by Crippen LogP contribution is -2.50. The first-order chi connectivity index (χ1) is 14.4. The minimum atomic E-state index is -3.53. The van der Waals surface area contributed by atoms with Crippen LogP contribution >= 0.6 is 0 Å². The Kier molecular flexibility index (Phi) is 7.88. The van der Waals surface area contributed by atoms with Crippen LogP contribution in [0.25, 0.3) is 0 Å². The number of sulfonamides is 1. The summed E-state index contributed by atoms with van der Waals surface area (Å²) in [6.07, 6.45) is 6.56. The summed E-state index contributed by atoms with van der Waals surface area (Å²) in [5, 5.41) is 0. The molecule has 1 aliphatic heterocycles. The molecule has 1 heterocycles. The largest absolute Gasteiger partial charge is 0.345 e. The van der Waals surface area contributed by atoms with Crippen molar-refractivity contribution in [3.8, 4) is 0 Å². The zero-order valence-corrected chi connectivity index (χ0v) is 18.6. The Labute approximate surface area is 180 Å². The summed E-state index contributed by atoms with van der Waals surface area (Å²) in [7, 11) is -1.70. The van der Waals surface area contributed by atoms with Gasteiger partial charge in [0.15, 0.2) is 0 Å². The van der Waals surface area contributed by atoms with E-state index in [0.29, 0.717) is 19.0 Å². The molecule has 1 saturated heterocycles. The van der Waals surface area contributed by atoms with E-state index in [1.807, 2.05) is 7.05 Å². The van der Waals surface area contributed by atoms with Gasteiger partial charge in [0.25, 0.3) is 0 Å². The Balaban J connectivity index is 1.42. The highest BCUT2D eigenvalue weighted by molar-refractivity contribution is 7.89. The van der Waals surface area contributed by atoms with Crippen LogP contribution in [0.2, 0.25) is 0 Å². The van der Waals surface area contributed by atoms with E-state index in [4.69, 9.17) is 0 Å². The van der Waals surface area contributed by atoms with Gasteiger partial charge < -0.3 is 9.80 Å². The predicted octanol–water partition coefficient (Wildman–Crippen LogP) is 2.34. The molecule has 8 heteroatoms. The quantitative estimate of drug-likeness (QED) is 0.659. The van der Waals surface area contributed by atoms with Crippen molar-refractivity contribution in [2.45, 2.75) is 49.8 Å². The van der Waals surface area contributed by atoms with Crippen LogP contribution in [0.1, 0.15) is 44.9 Å². The molecule has 1 aromatic carbocycles. The number of carbonyl (C=O) groups is 2. The summed E-state index contributed by atoms with van der Waals surface area (Å²) >= 11 is 0. The van der Waals surface area contributed by atoms with Crippen LogP contribution < -0.4 is 0 Å². The third kappa shape index (κ3) is 5.82.